The molecule has 0 radical (unpaired) electrons. The van der Waals surface area contributed by atoms with Crippen molar-refractivity contribution in [3.63, 3.8) is 0 Å². The van der Waals surface area contributed by atoms with Crippen LogP contribution in [0.4, 0.5) is 11.4 Å². The summed E-state index contributed by atoms with van der Waals surface area (Å²) in [5, 5.41) is 9.00. The van der Waals surface area contributed by atoms with Gasteiger partial charge in [0.05, 0.1) is 11.1 Å². The van der Waals surface area contributed by atoms with Crippen LogP contribution in [-0.4, -0.2) is 35.2 Å². The number of aliphatic imine (C=N–C) groups is 2. The molecule has 1 aliphatic rings. The molecule has 0 unspecified atom stereocenters. The number of fused-ring (bicyclic) bond motifs is 1. The van der Waals surface area contributed by atoms with Crippen LogP contribution >= 0.6 is 0 Å². The Morgan fingerprint density at radius 2 is 1.70 bits per heavy atom. The van der Waals surface area contributed by atoms with Gasteiger partial charge in [0.25, 0.3) is 0 Å². The Morgan fingerprint density at radius 3 is 2.25 bits per heavy atom. The molecule has 2 rings (SSSR count). The van der Waals surface area contributed by atoms with Crippen molar-refractivity contribution >= 4 is 41.4 Å². The van der Waals surface area contributed by atoms with Crippen LogP contribution in [-0.2, 0) is 14.3 Å². The average Bonchev–Trinajstić information content (AvgIpc) is 2.67. The number of cyclic esters (lactones) is 2. The number of carbonyl (C=O) groups is 3. The van der Waals surface area contributed by atoms with E-state index >= 15 is 0 Å². The summed E-state index contributed by atoms with van der Waals surface area (Å²) in [5.74, 6) is -3.76. The minimum absolute atomic E-state index is 0.383. The van der Waals surface area contributed by atoms with E-state index in [-0.39, 0.29) is 5.56 Å². The number of carboxylic acids is 1. The summed E-state index contributed by atoms with van der Waals surface area (Å²) in [6.07, 6.45) is 2.17. The first kappa shape index (κ1) is 13.0. The van der Waals surface area contributed by atoms with Gasteiger partial charge in [0.2, 0.25) is 12.2 Å². The summed E-state index contributed by atoms with van der Waals surface area (Å²) < 4.78 is 4.29. The Kier molecular flexibility index (Phi) is 3.06. The fourth-order valence-corrected chi connectivity index (χ4v) is 1.69. The number of hydrogen-bond donors (Lipinski definition) is 1. The number of hydrogen-bond acceptors (Lipinski definition) is 8. The van der Waals surface area contributed by atoms with E-state index in [1.54, 1.807) is 0 Å². The molecule has 9 heteroatoms. The maximum atomic E-state index is 11.5. The van der Waals surface area contributed by atoms with E-state index in [1.807, 2.05) is 0 Å². The molecule has 20 heavy (non-hydrogen) atoms. The van der Waals surface area contributed by atoms with E-state index in [0.717, 1.165) is 18.2 Å². The number of rotatable bonds is 3. The second kappa shape index (κ2) is 4.69. The molecule has 1 aliphatic heterocycles. The van der Waals surface area contributed by atoms with Crippen molar-refractivity contribution < 1.29 is 33.8 Å². The highest BCUT2D eigenvalue weighted by Crippen LogP contribution is 2.40. The lowest BCUT2D eigenvalue weighted by atomic mass is 10.0. The van der Waals surface area contributed by atoms with Crippen LogP contribution in [0.5, 0.6) is 0 Å². The van der Waals surface area contributed by atoms with Crippen molar-refractivity contribution in [1.82, 2.24) is 0 Å². The number of benzene rings is 1. The lowest BCUT2D eigenvalue weighted by Crippen LogP contribution is -2.02. The molecule has 0 amide bonds. The summed E-state index contributed by atoms with van der Waals surface area (Å²) in [6.45, 7) is 0. The molecule has 0 aromatic heterocycles. The van der Waals surface area contributed by atoms with Crippen molar-refractivity contribution in [1.29, 1.82) is 0 Å². The fourth-order valence-electron chi connectivity index (χ4n) is 1.69. The highest BCUT2D eigenvalue weighted by molar-refractivity contribution is 6.20. The van der Waals surface area contributed by atoms with E-state index in [1.165, 1.54) is 0 Å². The molecule has 0 spiro atoms. The van der Waals surface area contributed by atoms with Gasteiger partial charge >= 0.3 is 17.9 Å². The average molecular weight is 274 g/mol. The van der Waals surface area contributed by atoms with E-state index in [0.29, 0.717) is 0 Å². The number of nitrogens with zero attached hydrogens (tertiary/aromatic N) is 2. The third-order valence-electron chi connectivity index (χ3n) is 2.43. The van der Waals surface area contributed by atoms with Gasteiger partial charge in [-0.2, -0.15) is 9.98 Å². The van der Waals surface area contributed by atoms with E-state index in [2.05, 4.69) is 14.7 Å². The first-order valence-corrected chi connectivity index (χ1v) is 4.87. The summed E-state index contributed by atoms with van der Waals surface area (Å²) in [5.41, 5.74) is -2.59. The molecule has 1 aromatic rings. The number of aromatic carboxylic acids is 1. The molecule has 98 valence electrons. The Morgan fingerprint density at radius 1 is 1.10 bits per heavy atom. The van der Waals surface area contributed by atoms with Crippen molar-refractivity contribution in [2.45, 2.75) is 0 Å². The predicted molar refractivity (Wildman–Crippen MR) is 58.7 cm³/mol. The molecule has 9 nitrogen and oxygen atoms in total. The molecule has 0 saturated heterocycles. The van der Waals surface area contributed by atoms with Gasteiger partial charge in [-0.25, -0.2) is 24.0 Å². The van der Waals surface area contributed by atoms with E-state index in [9.17, 15) is 24.0 Å². The topological polar surface area (TPSA) is 140 Å². The zero-order chi connectivity index (χ0) is 14.9. The van der Waals surface area contributed by atoms with Crippen molar-refractivity contribution in [2.24, 2.45) is 9.98 Å². The fraction of sp³-hybridized carbons (Fsp3) is 0. The molecule has 1 N–H and O–H groups in total. The van der Waals surface area contributed by atoms with Crippen molar-refractivity contribution in [3.05, 3.63) is 22.8 Å². The van der Waals surface area contributed by atoms with Crippen LogP contribution in [0.1, 0.15) is 31.1 Å². The highest BCUT2D eigenvalue weighted by atomic mass is 16.6. The van der Waals surface area contributed by atoms with E-state index in [4.69, 9.17) is 5.11 Å². The zero-order valence-electron chi connectivity index (χ0n) is 9.37. The van der Waals surface area contributed by atoms with Gasteiger partial charge in [0.1, 0.15) is 16.9 Å². The second-order valence-corrected chi connectivity index (χ2v) is 3.43. The third kappa shape index (κ3) is 1.81. The largest absolute Gasteiger partial charge is 0.478 e. The van der Waals surface area contributed by atoms with Gasteiger partial charge in [-0.15, -0.1) is 0 Å². The predicted octanol–water partition coefficient (Wildman–Crippen LogP) is 0.630. The van der Waals surface area contributed by atoms with Crippen LogP contribution in [0.15, 0.2) is 16.1 Å². The van der Waals surface area contributed by atoms with Gasteiger partial charge in [0.15, 0.2) is 0 Å². The molecule has 0 aliphatic carbocycles. The Balaban J connectivity index is 3.00. The van der Waals surface area contributed by atoms with Gasteiger partial charge in [-0.3, -0.25) is 0 Å². The molecular formula is C11H2N2O7. The lowest BCUT2D eigenvalue weighted by molar-refractivity contribution is 0.0443. The molecule has 1 aromatic carbocycles. The Labute approximate surface area is 109 Å². The number of carboxylic acid groups (broad SMARTS) is 1. The summed E-state index contributed by atoms with van der Waals surface area (Å²) in [7, 11) is 0. The first-order chi connectivity index (χ1) is 9.51. The molecule has 0 saturated carbocycles. The van der Waals surface area contributed by atoms with E-state index < -0.39 is 40.4 Å². The van der Waals surface area contributed by atoms with Crippen LogP contribution in [0.2, 0.25) is 0 Å². The molecular weight excluding hydrogens is 272 g/mol. The van der Waals surface area contributed by atoms with Crippen LogP contribution in [0, 0.1) is 0 Å². The van der Waals surface area contributed by atoms with Gasteiger partial charge in [-0.05, 0) is 6.07 Å². The normalized spacial score (nSPS) is 12.0. The van der Waals surface area contributed by atoms with Crippen LogP contribution in [0.3, 0.4) is 0 Å². The second-order valence-electron chi connectivity index (χ2n) is 3.43. The number of esters is 2. The van der Waals surface area contributed by atoms with Gasteiger partial charge in [0, 0.05) is 0 Å². The van der Waals surface area contributed by atoms with Crippen molar-refractivity contribution in [3.8, 4) is 0 Å². The van der Waals surface area contributed by atoms with Gasteiger partial charge < -0.3 is 9.84 Å². The van der Waals surface area contributed by atoms with Gasteiger partial charge in [-0.1, -0.05) is 0 Å². The Bertz CT molecular complexity index is 767. The summed E-state index contributed by atoms with van der Waals surface area (Å²) in [4.78, 5) is 60.9. The van der Waals surface area contributed by atoms with Crippen LogP contribution < -0.4 is 0 Å². The first-order valence-electron chi connectivity index (χ1n) is 4.87. The smallest absolute Gasteiger partial charge is 0.349 e. The third-order valence-corrected chi connectivity index (χ3v) is 2.43. The molecule has 0 fully saturated rings. The number of ether oxygens (including phenoxy) is 1. The maximum absolute atomic E-state index is 11.5. The SMILES string of the molecule is O=C=Nc1c(C(=O)O)cc2c(c1N=C=O)C(=O)OC2=O. The monoisotopic (exact) mass is 274 g/mol. The maximum Gasteiger partial charge on any atom is 0.349 e. The Hall–Kier alpha value is -3.41. The summed E-state index contributed by atoms with van der Waals surface area (Å²) >= 11 is 0. The molecule has 0 atom stereocenters. The standard InChI is InChI=1S/C11H2N2O7/c14-2-12-7-5(9(16)17)1-4-6(8(7)13-3-15)11(19)20-10(4)18/h1H,(H,16,17). The van der Waals surface area contributed by atoms with Crippen LogP contribution in [0.25, 0.3) is 0 Å². The quantitative estimate of drug-likeness (QED) is 0.369. The molecule has 1 heterocycles. The minimum atomic E-state index is -1.55. The summed E-state index contributed by atoms with van der Waals surface area (Å²) in [6, 6.07) is 0.810. The minimum Gasteiger partial charge on any atom is -0.478 e. The number of carbonyl (C=O) groups excluding carboxylic acids is 4. The highest BCUT2D eigenvalue weighted by Gasteiger charge is 2.36. The zero-order valence-corrected chi connectivity index (χ0v) is 9.37. The lowest BCUT2D eigenvalue weighted by Gasteiger charge is -2.05. The van der Waals surface area contributed by atoms with Crippen molar-refractivity contribution in [2.75, 3.05) is 0 Å². The molecule has 0 bridgehead atoms. The number of isocyanates is 2.